The maximum atomic E-state index is 12.4. The number of carbonyl (C=O) groups excluding carboxylic acids is 2. The van der Waals surface area contributed by atoms with E-state index in [0.29, 0.717) is 11.4 Å². The number of nitrogens with zero attached hydrogens (tertiary/aromatic N) is 1. The van der Waals surface area contributed by atoms with Crippen LogP contribution in [0.3, 0.4) is 0 Å². The Morgan fingerprint density at radius 3 is 2.18 bits per heavy atom. The van der Waals surface area contributed by atoms with Crippen LogP contribution in [-0.4, -0.2) is 16.8 Å². The fraction of sp³-hybridized carbons (Fsp3) is 0.136. The molecule has 2 aromatic carbocycles. The first-order valence-electron chi connectivity index (χ1n) is 8.90. The highest BCUT2D eigenvalue weighted by Gasteiger charge is 2.08. The Morgan fingerprint density at radius 2 is 1.50 bits per heavy atom. The number of aromatic nitrogens is 1. The van der Waals surface area contributed by atoms with Crippen LogP contribution in [0.25, 0.3) is 0 Å². The van der Waals surface area contributed by atoms with Crippen molar-refractivity contribution in [2.75, 3.05) is 16.0 Å². The molecule has 3 rings (SSSR count). The average molecular weight is 374 g/mol. The summed E-state index contributed by atoms with van der Waals surface area (Å²) in [6.45, 7) is 5.50. The summed E-state index contributed by atoms with van der Waals surface area (Å²) >= 11 is 0. The Hall–Kier alpha value is -3.67. The molecule has 0 saturated heterocycles. The van der Waals surface area contributed by atoms with Gasteiger partial charge in [-0.05, 0) is 67.4 Å². The van der Waals surface area contributed by atoms with Crippen molar-refractivity contribution in [3.05, 3.63) is 77.6 Å². The van der Waals surface area contributed by atoms with Crippen LogP contribution < -0.4 is 16.0 Å². The minimum absolute atomic E-state index is 0.127. The Bertz CT molecular complexity index is 1010. The Morgan fingerprint density at radius 1 is 0.786 bits per heavy atom. The second-order valence-corrected chi connectivity index (χ2v) is 6.57. The van der Waals surface area contributed by atoms with Crippen molar-refractivity contribution in [1.29, 1.82) is 0 Å². The fourth-order valence-corrected chi connectivity index (χ4v) is 2.66. The van der Waals surface area contributed by atoms with Crippen LogP contribution in [0.15, 0.2) is 60.8 Å². The van der Waals surface area contributed by atoms with Crippen molar-refractivity contribution in [1.82, 2.24) is 4.98 Å². The SMILES string of the molecule is CC(=O)Nc1cccc(Nc2ccc(C(=O)Nc3ccc(C)c(C)c3)nc2)c1. The summed E-state index contributed by atoms with van der Waals surface area (Å²) in [5.41, 5.74) is 5.61. The lowest BCUT2D eigenvalue weighted by Crippen LogP contribution is -2.13. The largest absolute Gasteiger partial charge is 0.354 e. The highest BCUT2D eigenvalue weighted by atomic mass is 16.2. The monoisotopic (exact) mass is 374 g/mol. The van der Waals surface area contributed by atoms with E-state index in [4.69, 9.17) is 0 Å². The Kier molecular flexibility index (Phi) is 5.69. The Labute approximate surface area is 164 Å². The predicted octanol–water partition coefficient (Wildman–Crippen LogP) is 4.65. The van der Waals surface area contributed by atoms with Crippen molar-refractivity contribution in [2.24, 2.45) is 0 Å². The van der Waals surface area contributed by atoms with Crippen LogP contribution in [0.1, 0.15) is 28.5 Å². The molecular formula is C22H22N4O2. The molecule has 1 aromatic heterocycles. The molecule has 1 heterocycles. The van der Waals surface area contributed by atoms with E-state index in [1.54, 1.807) is 18.3 Å². The zero-order valence-electron chi connectivity index (χ0n) is 16.0. The van der Waals surface area contributed by atoms with Crippen molar-refractivity contribution in [3.8, 4) is 0 Å². The summed E-state index contributed by atoms with van der Waals surface area (Å²) in [5.74, 6) is -0.389. The molecule has 28 heavy (non-hydrogen) atoms. The van der Waals surface area contributed by atoms with Gasteiger partial charge < -0.3 is 16.0 Å². The van der Waals surface area contributed by atoms with Gasteiger partial charge in [0.2, 0.25) is 5.91 Å². The number of anilines is 4. The zero-order valence-corrected chi connectivity index (χ0v) is 16.0. The summed E-state index contributed by atoms with van der Waals surface area (Å²) in [6, 6.07) is 16.6. The summed E-state index contributed by atoms with van der Waals surface area (Å²) < 4.78 is 0. The third-order valence-electron chi connectivity index (χ3n) is 4.23. The number of amides is 2. The van der Waals surface area contributed by atoms with Gasteiger partial charge in [-0.2, -0.15) is 0 Å². The van der Waals surface area contributed by atoms with Gasteiger partial charge >= 0.3 is 0 Å². The molecule has 0 atom stereocenters. The number of nitrogens with one attached hydrogen (secondary N) is 3. The van der Waals surface area contributed by atoms with E-state index in [-0.39, 0.29) is 11.8 Å². The molecule has 0 radical (unpaired) electrons. The van der Waals surface area contributed by atoms with Crippen LogP contribution in [-0.2, 0) is 4.79 Å². The van der Waals surface area contributed by atoms with E-state index in [1.165, 1.54) is 12.5 Å². The number of aryl methyl sites for hydroxylation is 2. The second kappa shape index (κ2) is 8.35. The highest BCUT2D eigenvalue weighted by molar-refractivity contribution is 6.03. The molecule has 0 bridgehead atoms. The minimum Gasteiger partial charge on any atom is -0.354 e. The second-order valence-electron chi connectivity index (χ2n) is 6.57. The molecule has 0 spiro atoms. The van der Waals surface area contributed by atoms with Gasteiger partial charge in [-0.1, -0.05) is 12.1 Å². The lowest BCUT2D eigenvalue weighted by Gasteiger charge is -2.10. The topological polar surface area (TPSA) is 83.1 Å². The van der Waals surface area contributed by atoms with E-state index >= 15 is 0 Å². The normalized spacial score (nSPS) is 10.2. The molecule has 6 heteroatoms. The molecule has 2 amide bonds. The standard InChI is InChI=1S/C22H22N4O2/c1-14-7-8-19(11-15(14)2)26-22(28)21-10-9-20(13-23-21)25-18-6-4-5-17(12-18)24-16(3)27/h4-13,25H,1-3H3,(H,24,27)(H,26,28). The van der Waals surface area contributed by atoms with E-state index in [0.717, 1.165) is 22.6 Å². The smallest absolute Gasteiger partial charge is 0.274 e. The van der Waals surface area contributed by atoms with Crippen molar-refractivity contribution in [3.63, 3.8) is 0 Å². The lowest BCUT2D eigenvalue weighted by molar-refractivity contribution is -0.114. The fourth-order valence-electron chi connectivity index (χ4n) is 2.66. The van der Waals surface area contributed by atoms with Crippen LogP contribution in [0.5, 0.6) is 0 Å². The molecule has 3 aromatic rings. The summed E-state index contributed by atoms with van der Waals surface area (Å²) in [4.78, 5) is 27.8. The van der Waals surface area contributed by atoms with Gasteiger partial charge in [-0.15, -0.1) is 0 Å². The van der Waals surface area contributed by atoms with E-state index in [1.807, 2.05) is 56.3 Å². The van der Waals surface area contributed by atoms with Crippen LogP contribution in [0.4, 0.5) is 22.7 Å². The first-order valence-corrected chi connectivity index (χ1v) is 8.90. The number of hydrogen-bond acceptors (Lipinski definition) is 4. The van der Waals surface area contributed by atoms with E-state index in [2.05, 4.69) is 20.9 Å². The minimum atomic E-state index is -0.262. The Balaban J connectivity index is 1.66. The van der Waals surface area contributed by atoms with Gasteiger partial charge in [0.05, 0.1) is 11.9 Å². The molecule has 3 N–H and O–H groups in total. The van der Waals surface area contributed by atoms with Gasteiger partial charge in [0, 0.05) is 24.0 Å². The molecule has 0 saturated carbocycles. The summed E-state index contributed by atoms with van der Waals surface area (Å²) in [5, 5.41) is 8.80. The molecule has 6 nitrogen and oxygen atoms in total. The van der Waals surface area contributed by atoms with Gasteiger partial charge in [-0.25, -0.2) is 4.98 Å². The summed E-state index contributed by atoms with van der Waals surface area (Å²) in [6.07, 6.45) is 1.60. The van der Waals surface area contributed by atoms with E-state index in [9.17, 15) is 9.59 Å². The van der Waals surface area contributed by atoms with Gasteiger partial charge in [0.1, 0.15) is 5.69 Å². The summed E-state index contributed by atoms with van der Waals surface area (Å²) in [7, 11) is 0. The predicted molar refractivity (Wildman–Crippen MR) is 112 cm³/mol. The molecule has 0 unspecified atom stereocenters. The number of pyridine rings is 1. The first kappa shape index (κ1) is 19.1. The lowest BCUT2D eigenvalue weighted by atomic mass is 10.1. The zero-order chi connectivity index (χ0) is 20.1. The van der Waals surface area contributed by atoms with Gasteiger partial charge in [-0.3, -0.25) is 9.59 Å². The maximum absolute atomic E-state index is 12.4. The van der Waals surface area contributed by atoms with Crippen LogP contribution >= 0.6 is 0 Å². The van der Waals surface area contributed by atoms with Crippen LogP contribution in [0, 0.1) is 13.8 Å². The van der Waals surface area contributed by atoms with Gasteiger partial charge in [0.15, 0.2) is 0 Å². The number of rotatable bonds is 5. The van der Waals surface area contributed by atoms with Gasteiger partial charge in [0.25, 0.3) is 5.91 Å². The number of benzene rings is 2. The molecule has 142 valence electrons. The van der Waals surface area contributed by atoms with Crippen molar-refractivity contribution < 1.29 is 9.59 Å². The number of carbonyl (C=O) groups is 2. The van der Waals surface area contributed by atoms with E-state index < -0.39 is 0 Å². The van der Waals surface area contributed by atoms with Crippen molar-refractivity contribution >= 4 is 34.6 Å². The third kappa shape index (κ3) is 4.94. The molecule has 0 aliphatic carbocycles. The number of hydrogen-bond donors (Lipinski definition) is 3. The first-order chi connectivity index (χ1) is 13.4. The maximum Gasteiger partial charge on any atom is 0.274 e. The van der Waals surface area contributed by atoms with Crippen LogP contribution in [0.2, 0.25) is 0 Å². The molecule has 0 fully saturated rings. The molecule has 0 aliphatic heterocycles. The molecule has 0 aliphatic rings. The average Bonchev–Trinajstić information content (AvgIpc) is 2.65. The van der Waals surface area contributed by atoms with Crippen molar-refractivity contribution in [2.45, 2.75) is 20.8 Å². The third-order valence-corrected chi connectivity index (χ3v) is 4.23. The highest BCUT2D eigenvalue weighted by Crippen LogP contribution is 2.20. The quantitative estimate of drug-likeness (QED) is 0.607. The molecular weight excluding hydrogens is 352 g/mol.